The van der Waals surface area contributed by atoms with E-state index in [9.17, 15) is 0 Å². The molecule has 17 heavy (non-hydrogen) atoms. The van der Waals surface area contributed by atoms with Crippen LogP contribution in [-0.4, -0.2) is 62.2 Å². The highest BCUT2D eigenvalue weighted by molar-refractivity contribution is 4.78. The Labute approximate surface area is 108 Å². The van der Waals surface area contributed by atoms with Crippen LogP contribution in [-0.2, 0) is 0 Å². The van der Waals surface area contributed by atoms with E-state index in [1.165, 1.54) is 39.0 Å². The summed E-state index contributed by atoms with van der Waals surface area (Å²) in [6, 6.07) is 0.807. The molecule has 0 saturated carbocycles. The van der Waals surface area contributed by atoms with Crippen LogP contribution in [0.3, 0.4) is 0 Å². The molecule has 3 nitrogen and oxygen atoms in total. The Morgan fingerprint density at radius 2 is 1.94 bits per heavy atom. The molecule has 0 aromatic carbocycles. The molecule has 3 heteroatoms. The average Bonchev–Trinajstić information content (AvgIpc) is 2.36. The SMILES string of the molecule is CCNCC(C)CN(C)C1CCN(CC)CC1. The summed E-state index contributed by atoms with van der Waals surface area (Å²) in [6.45, 7) is 14.0. The molecule has 1 fully saturated rings. The molecule has 0 aromatic rings. The smallest absolute Gasteiger partial charge is 0.0117 e. The summed E-state index contributed by atoms with van der Waals surface area (Å²) in [5.41, 5.74) is 0. The minimum atomic E-state index is 0.754. The second-order valence-corrected chi connectivity index (χ2v) is 5.52. The Morgan fingerprint density at radius 1 is 1.29 bits per heavy atom. The lowest BCUT2D eigenvalue weighted by Gasteiger charge is -2.37. The molecule has 0 spiro atoms. The van der Waals surface area contributed by atoms with Crippen LogP contribution >= 0.6 is 0 Å². The fraction of sp³-hybridized carbons (Fsp3) is 1.00. The Morgan fingerprint density at radius 3 is 2.47 bits per heavy atom. The number of hydrogen-bond acceptors (Lipinski definition) is 3. The van der Waals surface area contributed by atoms with Gasteiger partial charge in [0, 0.05) is 12.6 Å². The zero-order valence-electron chi connectivity index (χ0n) is 12.2. The monoisotopic (exact) mass is 241 g/mol. The van der Waals surface area contributed by atoms with Gasteiger partial charge in [-0.05, 0) is 58.5 Å². The zero-order chi connectivity index (χ0) is 12.7. The van der Waals surface area contributed by atoms with E-state index in [-0.39, 0.29) is 0 Å². The maximum absolute atomic E-state index is 3.44. The van der Waals surface area contributed by atoms with E-state index in [0.717, 1.165) is 25.0 Å². The first kappa shape index (κ1) is 14.9. The summed E-state index contributed by atoms with van der Waals surface area (Å²) < 4.78 is 0. The first-order valence-electron chi connectivity index (χ1n) is 7.30. The van der Waals surface area contributed by atoms with Gasteiger partial charge in [0.25, 0.3) is 0 Å². The van der Waals surface area contributed by atoms with E-state index in [2.05, 4.69) is 42.9 Å². The second-order valence-electron chi connectivity index (χ2n) is 5.52. The van der Waals surface area contributed by atoms with Crippen LogP contribution < -0.4 is 5.32 Å². The number of likely N-dealkylation sites (tertiary alicyclic amines) is 1. The predicted octanol–water partition coefficient (Wildman–Crippen LogP) is 1.65. The van der Waals surface area contributed by atoms with Gasteiger partial charge in [-0.2, -0.15) is 0 Å². The minimum absolute atomic E-state index is 0.754. The molecular formula is C14H31N3. The first-order chi connectivity index (χ1) is 8.17. The van der Waals surface area contributed by atoms with Gasteiger partial charge in [0.15, 0.2) is 0 Å². The highest BCUT2D eigenvalue weighted by Gasteiger charge is 2.22. The molecule has 1 aliphatic rings. The Kier molecular flexibility index (Phi) is 7.09. The first-order valence-corrected chi connectivity index (χ1v) is 7.30. The van der Waals surface area contributed by atoms with Gasteiger partial charge in [0.1, 0.15) is 0 Å². The number of piperidine rings is 1. The fourth-order valence-electron chi connectivity index (χ4n) is 2.77. The van der Waals surface area contributed by atoms with Crippen LogP contribution in [0, 0.1) is 5.92 Å². The maximum Gasteiger partial charge on any atom is 0.0117 e. The number of nitrogens with zero attached hydrogens (tertiary/aromatic N) is 2. The molecule has 102 valence electrons. The summed E-state index contributed by atoms with van der Waals surface area (Å²) in [6.07, 6.45) is 2.69. The summed E-state index contributed by atoms with van der Waals surface area (Å²) in [7, 11) is 2.30. The van der Waals surface area contributed by atoms with E-state index >= 15 is 0 Å². The van der Waals surface area contributed by atoms with Crippen molar-refractivity contribution < 1.29 is 0 Å². The molecule has 0 bridgehead atoms. The average molecular weight is 241 g/mol. The van der Waals surface area contributed by atoms with Crippen molar-refractivity contribution in [2.45, 2.75) is 39.7 Å². The lowest BCUT2D eigenvalue weighted by Crippen LogP contribution is -2.45. The van der Waals surface area contributed by atoms with E-state index in [0.29, 0.717) is 0 Å². The Hall–Kier alpha value is -0.120. The molecule has 1 aliphatic heterocycles. The standard InChI is InChI=1S/C14H31N3/c1-5-15-11-13(3)12-16(4)14-7-9-17(6-2)10-8-14/h13-15H,5-12H2,1-4H3. The molecule has 1 rings (SSSR count). The second kappa shape index (κ2) is 8.06. The number of hydrogen-bond donors (Lipinski definition) is 1. The Balaban J connectivity index is 2.21. The van der Waals surface area contributed by atoms with E-state index in [1.807, 2.05) is 0 Å². The van der Waals surface area contributed by atoms with Gasteiger partial charge in [-0.15, -0.1) is 0 Å². The Bertz CT molecular complexity index is 188. The van der Waals surface area contributed by atoms with Crippen LogP contribution in [0.25, 0.3) is 0 Å². The normalized spacial score (nSPS) is 21.0. The molecule has 0 amide bonds. The van der Waals surface area contributed by atoms with Crippen molar-refractivity contribution in [3.63, 3.8) is 0 Å². The van der Waals surface area contributed by atoms with Gasteiger partial charge in [0.2, 0.25) is 0 Å². The van der Waals surface area contributed by atoms with Crippen molar-refractivity contribution in [1.82, 2.24) is 15.1 Å². The van der Waals surface area contributed by atoms with Crippen LogP contribution in [0.15, 0.2) is 0 Å². The van der Waals surface area contributed by atoms with Gasteiger partial charge in [-0.1, -0.05) is 20.8 Å². The summed E-state index contributed by atoms with van der Waals surface area (Å²) in [5.74, 6) is 0.754. The van der Waals surface area contributed by atoms with E-state index in [4.69, 9.17) is 0 Å². The van der Waals surface area contributed by atoms with Gasteiger partial charge in [-0.25, -0.2) is 0 Å². The lowest BCUT2D eigenvalue weighted by molar-refractivity contribution is 0.120. The summed E-state index contributed by atoms with van der Waals surface area (Å²) in [5, 5.41) is 3.44. The molecule has 1 heterocycles. The molecule has 1 N–H and O–H groups in total. The van der Waals surface area contributed by atoms with Gasteiger partial charge >= 0.3 is 0 Å². The van der Waals surface area contributed by atoms with Gasteiger partial charge < -0.3 is 15.1 Å². The van der Waals surface area contributed by atoms with Crippen molar-refractivity contribution in [3.8, 4) is 0 Å². The third kappa shape index (κ3) is 5.36. The van der Waals surface area contributed by atoms with Crippen molar-refractivity contribution in [3.05, 3.63) is 0 Å². The maximum atomic E-state index is 3.44. The highest BCUT2D eigenvalue weighted by atomic mass is 15.2. The van der Waals surface area contributed by atoms with Crippen LogP contribution in [0.2, 0.25) is 0 Å². The molecular weight excluding hydrogens is 210 g/mol. The molecule has 0 aromatic heterocycles. The topological polar surface area (TPSA) is 18.5 Å². The largest absolute Gasteiger partial charge is 0.317 e. The summed E-state index contributed by atoms with van der Waals surface area (Å²) >= 11 is 0. The lowest BCUT2D eigenvalue weighted by atomic mass is 10.0. The number of rotatable bonds is 7. The third-order valence-corrected chi connectivity index (χ3v) is 3.97. The van der Waals surface area contributed by atoms with E-state index in [1.54, 1.807) is 0 Å². The minimum Gasteiger partial charge on any atom is -0.317 e. The molecule has 0 radical (unpaired) electrons. The molecule has 0 aliphatic carbocycles. The number of nitrogens with one attached hydrogen (secondary N) is 1. The highest BCUT2D eigenvalue weighted by Crippen LogP contribution is 2.16. The van der Waals surface area contributed by atoms with E-state index < -0.39 is 0 Å². The third-order valence-electron chi connectivity index (χ3n) is 3.97. The molecule has 1 unspecified atom stereocenters. The summed E-state index contributed by atoms with van der Waals surface area (Å²) in [4.78, 5) is 5.14. The molecule has 1 saturated heterocycles. The van der Waals surface area contributed by atoms with Gasteiger partial charge in [-0.3, -0.25) is 0 Å². The predicted molar refractivity (Wildman–Crippen MR) is 75.5 cm³/mol. The van der Waals surface area contributed by atoms with Crippen molar-refractivity contribution >= 4 is 0 Å². The fourth-order valence-corrected chi connectivity index (χ4v) is 2.77. The van der Waals surface area contributed by atoms with Crippen molar-refractivity contribution in [1.29, 1.82) is 0 Å². The van der Waals surface area contributed by atoms with Gasteiger partial charge in [0.05, 0.1) is 0 Å². The quantitative estimate of drug-likeness (QED) is 0.731. The van der Waals surface area contributed by atoms with Crippen LogP contribution in [0.4, 0.5) is 0 Å². The zero-order valence-corrected chi connectivity index (χ0v) is 12.2. The van der Waals surface area contributed by atoms with Crippen LogP contribution in [0.5, 0.6) is 0 Å². The molecule has 1 atom stereocenters. The van der Waals surface area contributed by atoms with Crippen molar-refractivity contribution in [2.24, 2.45) is 5.92 Å². The van der Waals surface area contributed by atoms with Crippen LogP contribution in [0.1, 0.15) is 33.6 Å². The van der Waals surface area contributed by atoms with Crippen molar-refractivity contribution in [2.75, 3.05) is 46.3 Å².